The van der Waals surface area contributed by atoms with Crippen molar-refractivity contribution in [3.05, 3.63) is 28.7 Å². The minimum atomic E-state index is -0.287. The second-order valence-corrected chi connectivity index (χ2v) is 3.84. The van der Waals surface area contributed by atoms with E-state index in [-0.39, 0.29) is 18.3 Å². The molecule has 0 atom stereocenters. The molecule has 0 aliphatic heterocycles. The summed E-state index contributed by atoms with van der Waals surface area (Å²) < 4.78 is 0.763. The molecule has 0 fully saturated rings. The van der Waals surface area contributed by atoms with Gasteiger partial charge in [0.15, 0.2) is 0 Å². The van der Waals surface area contributed by atoms with Crippen molar-refractivity contribution < 1.29 is 4.79 Å². The van der Waals surface area contributed by atoms with Gasteiger partial charge in [-0.2, -0.15) is 5.26 Å². The summed E-state index contributed by atoms with van der Waals surface area (Å²) in [5.41, 5.74) is 0.657. The van der Waals surface area contributed by atoms with E-state index in [0.29, 0.717) is 5.69 Å². The minimum Gasteiger partial charge on any atom is -0.296 e. The standard InChI is InChI=1S/C10H8BrClN2O/c11-8-3-1-2-4-9(8)14(6-5-13)10(15)7-12/h1-4H,6-7H2. The molecule has 0 aliphatic rings. The van der Waals surface area contributed by atoms with Crippen LogP contribution >= 0.6 is 27.5 Å². The Morgan fingerprint density at radius 2 is 2.20 bits per heavy atom. The largest absolute Gasteiger partial charge is 0.296 e. The fourth-order valence-corrected chi connectivity index (χ4v) is 1.76. The quantitative estimate of drug-likeness (QED) is 0.633. The van der Waals surface area contributed by atoms with Crippen LogP contribution in [0, 0.1) is 11.3 Å². The first-order chi connectivity index (χ1) is 7.20. The van der Waals surface area contributed by atoms with Gasteiger partial charge < -0.3 is 0 Å². The van der Waals surface area contributed by atoms with E-state index in [4.69, 9.17) is 16.9 Å². The van der Waals surface area contributed by atoms with E-state index in [0.717, 1.165) is 4.47 Å². The Morgan fingerprint density at radius 1 is 1.53 bits per heavy atom. The zero-order valence-corrected chi connectivity index (χ0v) is 10.1. The summed E-state index contributed by atoms with van der Waals surface area (Å²) in [6.07, 6.45) is 0. The number of nitrogens with zero attached hydrogens (tertiary/aromatic N) is 2. The van der Waals surface area contributed by atoms with Crippen LogP contribution in [0.1, 0.15) is 0 Å². The smallest absolute Gasteiger partial charge is 0.242 e. The number of halogens is 2. The number of carbonyl (C=O) groups is 1. The van der Waals surface area contributed by atoms with Crippen molar-refractivity contribution in [2.75, 3.05) is 17.3 Å². The molecule has 0 aromatic heterocycles. The third kappa shape index (κ3) is 2.95. The van der Waals surface area contributed by atoms with E-state index in [9.17, 15) is 4.79 Å². The molecule has 0 bridgehead atoms. The third-order valence-electron chi connectivity index (χ3n) is 1.79. The summed E-state index contributed by atoms with van der Waals surface area (Å²) in [6, 6.07) is 9.13. The average molecular weight is 288 g/mol. The highest BCUT2D eigenvalue weighted by atomic mass is 79.9. The fraction of sp³-hybridized carbons (Fsp3) is 0.200. The van der Waals surface area contributed by atoms with Gasteiger partial charge in [0.25, 0.3) is 0 Å². The maximum absolute atomic E-state index is 11.5. The van der Waals surface area contributed by atoms with Crippen molar-refractivity contribution in [2.45, 2.75) is 0 Å². The Hall–Kier alpha value is -1.05. The number of para-hydroxylation sites is 1. The Morgan fingerprint density at radius 3 is 2.73 bits per heavy atom. The van der Waals surface area contributed by atoms with Gasteiger partial charge in [-0.25, -0.2) is 0 Å². The molecule has 0 aliphatic carbocycles. The molecule has 0 radical (unpaired) electrons. The lowest BCUT2D eigenvalue weighted by atomic mass is 10.3. The summed E-state index contributed by atoms with van der Waals surface area (Å²) in [7, 11) is 0. The van der Waals surface area contributed by atoms with Gasteiger partial charge in [0.2, 0.25) is 5.91 Å². The molecule has 0 N–H and O–H groups in total. The predicted octanol–water partition coefficient (Wildman–Crippen LogP) is 2.54. The molecule has 1 aromatic carbocycles. The van der Waals surface area contributed by atoms with Crippen molar-refractivity contribution in [1.82, 2.24) is 0 Å². The number of hydrogen-bond donors (Lipinski definition) is 0. The van der Waals surface area contributed by atoms with Gasteiger partial charge in [0.1, 0.15) is 12.4 Å². The first-order valence-electron chi connectivity index (χ1n) is 4.18. The van der Waals surface area contributed by atoms with E-state index in [1.165, 1.54) is 4.90 Å². The van der Waals surface area contributed by atoms with Crippen LogP contribution in [0.2, 0.25) is 0 Å². The minimum absolute atomic E-state index is 0.00579. The molecule has 15 heavy (non-hydrogen) atoms. The van der Waals surface area contributed by atoms with Crippen LogP contribution in [0.15, 0.2) is 28.7 Å². The van der Waals surface area contributed by atoms with Gasteiger partial charge in [-0.1, -0.05) is 12.1 Å². The Kier molecular flexibility index (Phi) is 4.60. The summed E-state index contributed by atoms with van der Waals surface area (Å²) in [4.78, 5) is 12.8. The highest BCUT2D eigenvalue weighted by molar-refractivity contribution is 9.10. The van der Waals surface area contributed by atoms with Crippen molar-refractivity contribution >= 4 is 39.1 Å². The highest BCUT2D eigenvalue weighted by Crippen LogP contribution is 2.25. The summed E-state index contributed by atoms with van der Waals surface area (Å²) in [6.45, 7) is -0.00579. The van der Waals surface area contributed by atoms with Gasteiger partial charge in [0.05, 0.1) is 11.8 Å². The number of hydrogen-bond acceptors (Lipinski definition) is 2. The molecule has 1 amide bonds. The maximum Gasteiger partial charge on any atom is 0.242 e. The Bertz CT molecular complexity index is 403. The van der Waals surface area contributed by atoms with Gasteiger partial charge >= 0.3 is 0 Å². The van der Waals surface area contributed by atoms with Gasteiger partial charge in [0, 0.05) is 4.47 Å². The van der Waals surface area contributed by atoms with Crippen LogP contribution in [0.25, 0.3) is 0 Å². The lowest BCUT2D eigenvalue weighted by Gasteiger charge is -2.19. The zero-order valence-electron chi connectivity index (χ0n) is 7.78. The summed E-state index contributed by atoms with van der Waals surface area (Å²) in [5, 5.41) is 8.63. The molecule has 1 aromatic rings. The van der Waals surface area contributed by atoms with E-state index in [1.54, 1.807) is 18.2 Å². The summed E-state index contributed by atoms with van der Waals surface area (Å²) >= 11 is 8.79. The third-order valence-corrected chi connectivity index (χ3v) is 2.69. The Labute approximate surface area is 101 Å². The molecule has 1 rings (SSSR count). The number of anilines is 1. The second kappa shape index (κ2) is 5.74. The first-order valence-corrected chi connectivity index (χ1v) is 5.51. The van der Waals surface area contributed by atoms with Crippen LogP contribution in [-0.2, 0) is 4.79 Å². The molecule has 0 saturated heterocycles. The van der Waals surface area contributed by atoms with Gasteiger partial charge in [-0.05, 0) is 28.1 Å². The molecular weight excluding hydrogens is 279 g/mol. The van der Waals surface area contributed by atoms with Crippen LogP contribution < -0.4 is 4.90 Å². The SMILES string of the molecule is N#CCN(C(=O)CCl)c1ccccc1Br. The van der Waals surface area contributed by atoms with E-state index < -0.39 is 0 Å². The van der Waals surface area contributed by atoms with E-state index in [1.807, 2.05) is 12.1 Å². The second-order valence-electron chi connectivity index (χ2n) is 2.72. The number of benzene rings is 1. The zero-order chi connectivity index (χ0) is 11.3. The summed E-state index contributed by atoms with van der Waals surface area (Å²) in [5.74, 6) is -0.423. The predicted molar refractivity (Wildman–Crippen MR) is 62.8 cm³/mol. The molecule has 5 heteroatoms. The molecule has 0 saturated carbocycles. The van der Waals surface area contributed by atoms with Crippen LogP contribution in [-0.4, -0.2) is 18.3 Å². The Balaban J connectivity index is 3.05. The molecule has 0 spiro atoms. The molecular formula is C10H8BrClN2O. The van der Waals surface area contributed by atoms with Crippen LogP contribution in [0.5, 0.6) is 0 Å². The monoisotopic (exact) mass is 286 g/mol. The normalized spacial score (nSPS) is 9.40. The van der Waals surface area contributed by atoms with E-state index in [2.05, 4.69) is 15.9 Å². The highest BCUT2D eigenvalue weighted by Gasteiger charge is 2.16. The number of amides is 1. The van der Waals surface area contributed by atoms with Crippen LogP contribution in [0.4, 0.5) is 5.69 Å². The molecule has 78 valence electrons. The van der Waals surface area contributed by atoms with Crippen molar-refractivity contribution in [3.63, 3.8) is 0 Å². The molecule has 3 nitrogen and oxygen atoms in total. The first kappa shape index (κ1) is 12.0. The number of rotatable bonds is 3. The topological polar surface area (TPSA) is 44.1 Å². The molecule has 0 unspecified atom stereocenters. The fourth-order valence-electron chi connectivity index (χ4n) is 1.12. The van der Waals surface area contributed by atoms with Gasteiger partial charge in [-0.15, -0.1) is 11.6 Å². The lowest BCUT2D eigenvalue weighted by molar-refractivity contribution is -0.116. The van der Waals surface area contributed by atoms with Gasteiger partial charge in [-0.3, -0.25) is 9.69 Å². The van der Waals surface area contributed by atoms with Crippen molar-refractivity contribution in [2.24, 2.45) is 0 Å². The number of alkyl halides is 1. The lowest BCUT2D eigenvalue weighted by Crippen LogP contribution is -2.32. The maximum atomic E-state index is 11.5. The average Bonchev–Trinajstić information content (AvgIpc) is 2.26. The number of carbonyl (C=O) groups excluding carboxylic acids is 1. The number of nitriles is 1. The van der Waals surface area contributed by atoms with E-state index >= 15 is 0 Å². The van der Waals surface area contributed by atoms with Crippen molar-refractivity contribution in [1.29, 1.82) is 5.26 Å². The van der Waals surface area contributed by atoms with Crippen LogP contribution in [0.3, 0.4) is 0 Å². The van der Waals surface area contributed by atoms with Crippen molar-refractivity contribution in [3.8, 4) is 6.07 Å². The molecule has 0 heterocycles.